The number of nitrogens with zero attached hydrogens (tertiary/aromatic N) is 2. The maximum Gasteiger partial charge on any atom is 0.290 e. The van der Waals surface area contributed by atoms with E-state index in [2.05, 4.69) is 15.6 Å². The van der Waals surface area contributed by atoms with E-state index in [9.17, 15) is 10.1 Å². The van der Waals surface area contributed by atoms with E-state index in [0.29, 0.717) is 11.4 Å². The molecule has 0 saturated carbocycles. The van der Waals surface area contributed by atoms with Crippen molar-refractivity contribution in [3.63, 3.8) is 0 Å². The summed E-state index contributed by atoms with van der Waals surface area (Å²) in [6.45, 7) is 3.25. The number of nitro groups is 1. The van der Waals surface area contributed by atoms with Gasteiger partial charge < -0.3 is 10.6 Å². The predicted octanol–water partition coefficient (Wildman–Crippen LogP) is 0.930. The summed E-state index contributed by atoms with van der Waals surface area (Å²) in [6.07, 6.45) is 1.27. The molecule has 82 valence electrons. The van der Waals surface area contributed by atoms with Gasteiger partial charge in [0.05, 0.1) is 4.92 Å². The Hall–Kier alpha value is -1.69. The molecule has 0 atom stereocenters. The summed E-state index contributed by atoms with van der Waals surface area (Å²) in [4.78, 5) is 14.0. The van der Waals surface area contributed by atoms with Crippen LogP contribution in [-0.2, 0) is 0 Å². The molecule has 0 unspecified atom stereocenters. The second kappa shape index (κ2) is 5.26. The lowest BCUT2D eigenvalue weighted by molar-refractivity contribution is -0.385. The predicted molar refractivity (Wildman–Crippen MR) is 58.0 cm³/mol. The first-order valence-electron chi connectivity index (χ1n) is 4.64. The van der Waals surface area contributed by atoms with E-state index in [1.54, 1.807) is 13.0 Å². The topological polar surface area (TPSA) is 80.1 Å². The first kappa shape index (κ1) is 11.4. The van der Waals surface area contributed by atoms with E-state index in [-0.39, 0.29) is 5.69 Å². The zero-order chi connectivity index (χ0) is 11.3. The van der Waals surface area contributed by atoms with Gasteiger partial charge in [0.1, 0.15) is 12.0 Å². The van der Waals surface area contributed by atoms with Crippen LogP contribution in [0.3, 0.4) is 0 Å². The molecule has 1 aromatic rings. The van der Waals surface area contributed by atoms with Crippen molar-refractivity contribution >= 4 is 11.5 Å². The molecule has 0 bridgehead atoms. The second-order valence-electron chi connectivity index (χ2n) is 3.14. The largest absolute Gasteiger partial charge is 0.369 e. The van der Waals surface area contributed by atoms with Gasteiger partial charge >= 0.3 is 0 Å². The molecule has 0 aromatic carbocycles. The van der Waals surface area contributed by atoms with Crippen molar-refractivity contribution in [1.82, 2.24) is 10.3 Å². The van der Waals surface area contributed by atoms with Gasteiger partial charge in [0.2, 0.25) is 0 Å². The SMILES string of the molecule is CNCCNc1cc(C)c([N+](=O)[O-])cn1. The average Bonchev–Trinajstić information content (AvgIpc) is 2.17. The van der Waals surface area contributed by atoms with Gasteiger partial charge in [-0.25, -0.2) is 4.98 Å². The maximum absolute atomic E-state index is 10.5. The number of anilines is 1. The van der Waals surface area contributed by atoms with E-state index >= 15 is 0 Å². The highest BCUT2D eigenvalue weighted by atomic mass is 16.6. The molecule has 1 rings (SSSR count). The Morgan fingerprint density at radius 2 is 2.27 bits per heavy atom. The minimum Gasteiger partial charge on any atom is -0.369 e. The summed E-state index contributed by atoms with van der Waals surface area (Å²) in [5, 5.41) is 16.6. The van der Waals surface area contributed by atoms with Crippen LogP contribution >= 0.6 is 0 Å². The van der Waals surface area contributed by atoms with Crippen molar-refractivity contribution in [2.75, 3.05) is 25.5 Å². The van der Waals surface area contributed by atoms with Crippen LogP contribution in [0.25, 0.3) is 0 Å². The fourth-order valence-corrected chi connectivity index (χ4v) is 1.15. The lowest BCUT2D eigenvalue weighted by Crippen LogP contribution is -2.18. The van der Waals surface area contributed by atoms with Crippen molar-refractivity contribution in [2.24, 2.45) is 0 Å². The van der Waals surface area contributed by atoms with Crippen LogP contribution in [0.4, 0.5) is 11.5 Å². The molecule has 1 aromatic heterocycles. The summed E-state index contributed by atoms with van der Waals surface area (Å²) in [6, 6.07) is 1.67. The van der Waals surface area contributed by atoms with Gasteiger partial charge in [-0.1, -0.05) is 0 Å². The first-order chi connectivity index (χ1) is 7.15. The molecule has 0 aliphatic heterocycles. The molecular formula is C9H14N4O2. The van der Waals surface area contributed by atoms with Crippen molar-refractivity contribution in [3.8, 4) is 0 Å². The molecule has 0 fully saturated rings. The van der Waals surface area contributed by atoms with E-state index in [4.69, 9.17) is 0 Å². The van der Waals surface area contributed by atoms with Gasteiger partial charge in [-0.2, -0.15) is 0 Å². The highest BCUT2D eigenvalue weighted by Crippen LogP contribution is 2.18. The molecule has 1 heterocycles. The van der Waals surface area contributed by atoms with Gasteiger partial charge in [-0.15, -0.1) is 0 Å². The molecule has 0 aliphatic rings. The Balaban J connectivity index is 2.69. The van der Waals surface area contributed by atoms with Gasteiger partial charge in [-0.3, -0.25) is 10.1 Å². The average molecular weight is 210 g/mol. The number of hydrogen-bond acceptors (Lipinski definition) is 5. The van der Waals surface area contributed by atoms with E-state index in [1.165, 1.54) is 6.20 Å². The van der Waals surface area contributed by atoms with Crippen LogP contribution in [0.5, 0.6) is 0 Å². The molecule has 0 aliphatic carbocycles. The van der Waals surface area contributed by atoms with Crippen LogP contribution < -0.4 is 10.6 Å². The van der Waals surface area contributed by atoms with Crippen LogP contribution in [0.15, 0.2) is 12.3 Å². The molecule has 6 heteroatoms. The van der Waals surface area contributed by atoms with Crippen LogP contribution in [-0.4, -0.2) is 30.0 Å². The van der Waals surface area contributed by atoms with Gasteiger partial charge in [-0.05, 0) is 20.0 Å². The zero-order valence-electron chi connectivity index (χ0n) is 8.78. The number of rotatable bonds is 5. The van der Waals surface area contributed by atoms with Crippen LogP contribution in [0, 0.1) is 17.0 Å². The number of nitrogens with one attached hydrogen (secondary N) is 2. The lowest BCUT2D eigenvalue weighted by atomic mass is 10.2. The van der Waals surface area contributed by atoms with E-state index in [0.717, 1.165) is 13.1 Å². The second-order valence-corrected chi connectivity index (χ2v) is 3.14. The third-order valence-corrected chi connectivity index (χ3v) is 1.96. The number of pyridine rings is 1. The number of aromatic nitrogens is 1. The third kappa shape index (κ3) is 3.17. The normalized spacial score (nSPS) is 10.0. The molecule has 15 heavy (non-hydrogen) atoms. The molecular weight excluding hydrogens is 196 g/mol. The number of likely N-dealkylation sites (N-methyl/N-ethyl adjacent to an activating group) is 1. The van der Waals surface area contributed by atoms with Crippen molar-refractivity contribution in [1.29, 1.82) is 0 Å². The Labute approximate surface area is 87.9 Å². The quantitative estimate of drug-likeness (QED) is 0.429. The minimum absolute atomic E-state index is 0.0502. The molecule has 0 spiro atoms. The van der Waals surface area contributed by atoms with Crippen LogP contribution in [0.1, 0.15) is 5.56 Å². The van der Waals surface area contributed by atoms with Gasteiger partial charge in [0.15, 0.2) is 0 Å². The Morgan fingerprint density at radius 1 is 1.53 bits per heavy atom. The smallest absolute Gasteiger partial charge is 0.290 e. The summed E-state index contributed by atoms with van der Waals surface area (Å²) >= 11 is 0. The summed E-state index contributed by atoms with van der Waals surface area (Å²) in [7, 11) is 1.86. The van der Waals surface area contributed by atoms with E-state index in [1.807, 2.05) is 7.05 Å². The monoisotopic (exact) mass is 210 g/mol. The highest BCUT2D eigenvalue weighted by Gasteiger charge is 2.10. The summed E-state index contributed by atoms with van der Waals surface area (Å²) < 4.78 is 0. The fourth-order valence-electron chi connectivity index (χ4n) is 1.15. The zero-order valence-corrected chi connectivity index (χ0v) is 8.78. The number of aryl methyl sites for hydroxylation is 1. The summed E-state index contributed by atoms with van der Waals surface area (Å²) in [5.74, 6) is 0.661. The molecule has 2 N–H and O–H groups in total. The fraction of sp³-hybridized carbons (Fsp3) is 0.444. The van der Waals surface area contributed by atoms with Crippen molar-refractivity contribution in [3.05, 3.63) is 27.9 Å². The molecule has 6 nitrogen and oxygen atoms in total. The minimum atomic E-state index is -0.431. The maximum atomic E-state index is 10.5. The lowest BCUT2D eigenvalue weighted by Gasteiger charge is -2.05. The third-order valence-electron chi connectivity index (χ3n) is 1.96. The molecule has 0 saturated heterocycles. The number of hydrogen-bond donors (Lipinski definition) is 2. The highest BCUT2D eigenvalue weighted by molar-refractivity contribution is 5.46. The first-order valence-corrected chi connectivity index (χ1v) is 4.64. The van der Waals surface area contributed by atoms with Gasteiger partial charge in [0, 0.05) is 18.7 Å². The standard InChI is InChI=1S/C9H14N4O2/c1-7-5-9(11-4-3-10-2)12-6-8(7)13(14)15/h5-6,10H,3-4H2,1-2H3,(H,11,12). The van der Waals surface area contributed by atoms with Crippen LogP contribution in [0.2, 0.25) is 0 Å². The van der Waals surface area contributed by atoms with Crippen molar-refractivity contribution in [2.45, 2.75) is 6.92 Å². The molecule has 0 amide bonds. The van der Waals surface area contributed by atoms with Crippen molar-refractivity contribution < 1.29 is 4.92 Å². The van der Waals surface area contributed by atoms with E-state index < -0.39 is 4.92 Å². The Morgan fingerprint density at radius 3 is 2.80 bits per heavy atom. The Bertz CT molecular complexity index is 354. The summed E-state index contributed by atoms with van der Waals surface area (Å²) in [5.41, 5.74) is 0.663. The molecule has 0 radical (unpaired) electrons. The Kier molecular flexibility index (Phi) is 3.99. The van der Waals surface area contributed by atoms with Gasteiger partial charge in [0.25, 0.3) is 5.69 Å².